The Kier molecular flexibility index (Phi) is 3.27. The van der Waals surface area contributed by atoms with Crippen molar-refractivity contribution in [1.29, 1.82) is 0 Å². The maximum absolute atomic E-state index is 11.2. The molecule has 0 atom stereocenters. The number of hydrogen-bond acceptors (Lipinski definition) is 4. The first kappa shape index (κ1) is 12.1. The first-order valence-electron chi connectivity index (χ1n) is 5.43. The van der Waals surface area contributed by atoms with E-state index in [0.717, 1.165) is 5.69 Å². The van der Waals surface area contributed by atoms with E-state index < -0.39 is 0 Å². The zero-order valence-electron chi connectivity index (χ0n) is 10.5. The van der Waals surface area contributed by atoms with Crippen molar-refractivity contribution in [2.75, 3.05) is 12.4 Å². The maximum atomic E-state index is 11.2. The summed E-state index contributed by atoms with van der Waals surface area (Å²) in [4.78, 5) is 19.6. The third-order valence-corrected chi connectivity index (χ3v) is 2.33. The molecule has 0 spiro atoms. The van der Waals surface area contributed by atoms with Crippen LogP contribution in [0.5, 0.6) is 5.88 Å². The molecular weight excluding hydrogens is 232 g/mol. The zero-order valence-corrected chi connectivity index (χ0v) is 10.5. The van der Waals surface area contributed by atoms with Crippen molar-refractivity contribution in [1.82, 2.24) is 14.5 Å². The Balaban J connectivity index is 2.50. The maximum Gasteiger partial charge on any atom is 0.221 e. The standard InChI is InChI=1S/C12H14N4O2/c1-8-6-16(7-13-8)12-10(14-9(2)17)4-5-11(15-12)18-3/h4-7H,1-3H3,(H,14,17). The van der Waals surface area contributed by atoms with Crippen molar-refractivity contribution < 1.29 is 9.53 Å². The zero-order chi connectivity index (χ0) is 13.1. The third-order valence-electron chi connectivity index (χ3n) is 2.33. The molecule has 6 nitrogen and oxygen atoms in total. The first-order valence-corrected chi connectivity index (χ1v) is 5.43. The summed E-state index contributed by atoms with van der Waals surface area (Å²) in [5.74, 6) is 0.899. The molecule has 2 aromatic heterocycles. The second-order valence-electron chi connectivity index (χ2n) is 3.83. The summed E-state index contributed by atoms with van der Waals surface area (Å²) in [5.41, 5.74) is 1.48. The molecule has 2 heterocycles. The minimum atomic E-state index is -0.153. The predicted octanol–water partition coefficient (Wildman–Crippen LogP) is 1.54. The number of hydrogen-bond donors (Lipinski definition) is 1. The molecule has 0 radical (unpaired) electrons. The van der Waals surface area contributed by atoms with Gasteiger partial charge < -0.3 is 10.1 Å². The van der Waals surface area contributed by atoms with Gasteiger partial charge in [-0.1, -0.05) is 0 Å². The molecule has 1 amide bonds. The number of nitrogens with one attached hydrogen (secondary N) is 1. The smallest absolute Gasteiger partial charge is 0.221 e. The van der Waals surface area contributed by atoms with E-state index in [4.69, 9.17) is 4.74 Å². The van der Waals surface area contributed by atoms with Gasteiger partial charge in [-0.25, -0.2) is 4.98 Å². The fourth-order valence-electron chi connectivity index (χ4n) is 1.57. The molecule has 0 saturated heterocycles. The molecule has 0 aromatic carbocycles. The van der Waals surface area contributed by atoms with Crippen molar-refractivity contribution in [3.8, 4) is 11.7 Å². The lowest BCUT2D eigenvalue weighted by molar-refractivity contribution is -0.114. The molecule has 18 heavy (non-hydrogen) atoms. The first-order chi connectivity index (χ1) is 8.60. The Labute approximate surface area is 105 Å². The van der Waals surface area contributed by atoms with Crippen LogP contribution >= 0.6 is 0 Å². The molecule has 0 aliphatic carbocycles. The summed E-state index contributed by atoms with van der Waals surface area (Å²) in [6.07, 6.45) is 3.47. The van der Waals surface area contributed by atoms with Crippen LogP contribution in [0.2, 0.25) is 0 Å². The molecule has 0 aliphatic rings. The molecule has 6 heteroatoms. The van der Waals surface area contributed by atoms with Gasteiger partial charge in [0.2, 0.25) is 11.8 Å². The van der Waals surface area contributed by atoms with Gasteiger partial charge in [0.05, 0.1) is 18.5 Å². The van der Waals surface area contributed by atoms with Gasteiger partial charge in [0, 0.05) is 19.2 Å². The quantitative estimate of drug-likeness (QED) is 0.892. The number of aryl methyl sites for hydroxylation is 1. The Morgan fingerprint density at radius 1 is 1.44 bits per heavy atom. The number of aromatic nitrogens is 3. The van der Waals surface area contributed by atoms with Gasteiger partial charge in [0.1, 0.15) is 6.33 Å². The predicted molar refractivity (Wildman–Crippen MR) is 67.0 cm³/mol. The van der Waals surface area contributed by atoms with E-state index in [-0.39, 0.29) is 5.91 Å². The number of carbonyl (C=O) groups is 1. The largest absolute Gasteiger partial charge is 0.481 e. The molecule has 1 N–H and O–H groups in total. The molecule has 0 fully saturated rings. The van der Waals surface area contributed by atoms with Crippen molar-refractivity contribution in [3.05, 3.63) is 30.4 Å². The van der Waals surface area contributed by atoms with Crippen LogP contribution in [-0.4, -0.2) is 27.6 Å². The molecule has 2 rings (SSSR count). The number of rotatable bonds is 3. The summed E-state index contributed by atoms with van der Waals surface area (Å²) in [7, 11) is 1.54. The molecule has 94 valence electrons. The van der Waals surface area contributed by atoms with Crippen molar-refractivity contribution >= 4 is 11.6 Å². The van der Waals surface area contributed by atoms with E-state index in [9.17, 15) is 4.79 Å². The van der Waals surface area contributed by atoms with Crippen LogP contribution in [0.25, 0.3) is 5.82 Å². The summed E-state index contributed by atoms with van der Waals surface area (Å²) in [6.45, 7) is 3.34. The fraction of sp³-hybridized carbons (Fsp3) is 0.250. The Morgan fingerprint density at radius 3 is 2.78 bits per heavy atom. The minimum absolute atomic E-state index is 0.153. The van der Waals surface area contributed by atoms with Crippen LogP contribution in [0.3, 0.4) is 0 Å². The highest BCUT2D eigenvalue weighted by molar-refractivity contribution is 5.90. The van der Waals surface area contributed by atoms with Crippen LogP contribution in [0.15, 0.2) is 24.7 Å². The molecule has 0 aliphatic heterocycles. The van der Waals surface area contributed by atoms with Crippen molar-refractivity contribution in [2.45, 2.75) is 13.8 Å². The Morgan fingerprint density at radius 2 is 2.22 bits per heavy atom. The number of anilines is 1. The summed E-state index contributed by atoms with van der Waals surface area (Å²) in [5, 5.41) is 2.73. The minimum Gasteiger partial charge on any atom is -0.481 e. The second-order valence-corrected chi connectivity index (χ2v) is 3.83. The van der Waals surface area contributed by atoms with Crippen molar-refractivity contribution in [2.24, 2.45) is 0 Å². The van der Waals surface area contributed by atoms with Crippen LogP contribution in [-0.2, 0) is 4.79 Å². The highest BCUT2D eigenvalue weighted by Gasteiger charge is 2.10. The topological polar surface area (TPSA) is 69.0 Å². The SMILES string of the molecule is COc1ccc(NC(C)=O)c(-n2cnc(C)c2)n1. The number of methoxy groups -OCH3 is 1. The highest BCUT2D eigenvalue weighted by Crippen LogP contribution is 2.21. The summed E-state index contributed by atoms with van der Waals surface area (Å²) >= 11 is 0. The summed E-state index contributed by atoms with van der Waals surface area (Å²) < 4.78 is 6.82. The second kappa shape index (κ2) is 4.87. The van der Waals surface area contributed by atoms with E-state index in [0.29, 0.717) is 17.4 Å². The van der Waals surface area contributed by atoms with Gasteiger partial charge in [-0.05, 0) is 13.0 Å². The number of pyridine rings is 1. The number of nitrogens with zero attached hydrogens (tertiary/aromatic N) is 3. The Hall–Kier alpha value is -2.37. The van der Waals surface area contributed by atoms with Gasteiger partial charge in [-0.2, -0.15) is 4.98 Å². The molecule has 0 saturated carbocycles. The normalized spacial score (nSPS) is 10.2. The van der Waals surface area contributed by atoms with E-state index >= 15 is 0 Å². The lowest BCUT2D eigenvalue weighted by Crippen LogP contribution is -2.10. The number of amides is 1. The van der Waals surface area contributed by atoms with Crippen LogP contribution in [0.1, 0.15) is 12.6 Å². The Bertz CT molecular complexity index is 577. The number of carbonyl (C=O) groups excluding carboxylic acids is 1. The van der Waals surface area contributed by atoms with Gasteiger partial charge in [-0.3, -0.25) is 9.36 Å². The third kappa shape index (κ3) is 2.48. The average Bonchev–Trinajstić information content (AvgIpc) is 2.75. The lowest BCUT2D eigenvalue weighted by Gasteiger charge is -2.10. The summed E-state index contributed by atoms with van der Waals surface area (Å²) in [6, 6.07) is 3.44. The number of imidazole rings is 1. The molecular formula is C12H14N4O2. The molecule has 2 aromatic rings. The van der Waals surface area contributed by atoms with E-state index in [1.54, 1.807) is 30.1 Å². The molecule has 0 unspecified atom stereocenters. The van der Waals surface area contributed by atoms with Crippen LogP contribution < -0.4 is 10.1 Å². The van der Waals surface area contributed by atoms with Gasteiger partial charge in [-0.15, -0.1) is 0 Å². The van der Waals surface area contributed by atoms with E-state index in [1.807, 2.05) is 13.1 Å². The van der Waals surface area contributed by atoms with Gasteiger partial charge >= 0.3 is 0 Å². The average molecular weight is 246 g/mol. The lowest BCUT2D eigenvalue weighted by atomic mass is 10.3. The monoisotopic (exact) mass is 246 g/mol. The fourth-order valence-corrected chi connectivity index (χ4v) is 1.57. The molecule has 0 bridgehead atoms. The van der Waals surface area contributed by atoms with Gasteiger partial charge in [0.25, 0.3) is 0 Å². The van der Waals surface area contributed by atoms with Gasteiger partial charge in [0.15, 0.2) is 5.82 Å². The van der Waals surface area contributed by atoms with Crippen LogP contribution in [0, 0.1) is 6.92 Å². The van der Waals surface area contributed by atoms with E-state index in [2.05, 4.69) is 15.3 Å². The van der Waals surface area contributed by atoms with Crippen LogP contribution in [0.4, 0.5) is 5.69 Å². The number of ether oxygens (including phenoxy) is 1. The van der Waals surface area contributed by atoms with E-state index in [1.165, 1.54) is 6.92 Å². The van der Waals surface area contributed by atoms with Crippen molar-refractivity contribution in [3.63, 3.8) is 0 Å². The highest BCUT2D eigenvalue weighted by atomic mass is 16.5.